The minimum absolute atomic E-state index is 0.103. The van der Waals surface area contributed by atoms with Crippen molar-refractivity contribution in [3.05, 3.63) is 138 Å². The number of hydrogen-bond acceptors (Lipinski definition) is 11. The van der Waals surface area contributed by atoms with Crippen LogP contribution in [0.5, 0.6) is 0 Å². The number of benzene rings is 5. The van der Waals surface area contributed by atoms with Crippen LogP contribution in [-0.4, -0.2) is 112 Å². The first-order valence-electron chi connectivity index (χ1n) is 23.0. The van der Waals surface area contributed by atoms with E-state index in [0.717, 1.165) is 28.4 Å². The molecule has 0 amide bonds. The maximum Gasteiger partial charge on any atom is 0.501 e. The number of sulfone groups is 1. The Kier molecular flexibility index (Phi) is 15.4. The smallest absolute Gasteiger partial charge is 0.478 e. The van der Waals surface area contributed by atoms with Gasteiger partial charge in [-0.3, -0.25) is 4.72 Å². The lowest BCUT2D eigenvalue weighted by atomic mass is 9.96. The van der Waals surface area contributed by atoms with Gasteiger partial charge in [-0.15, -0.1) is 11.8 Å². The second-order valence-corrected chi connectivity index (χ2v) is 22.4. The Hall–Kier alpha value is -6.06. The lowest BCUT2D eigenvalue weighted by Gasteiger charge is -2.37. The van der Waals surface area contributed by atoms with Crippen LogP contribution in [0.2, 0.25) is 0 Å². The topological polar surface area (TPSA) is 165 Å². The van der Waals surface area contributed by atoms with Gasteiger partial charge in [0.15, 0.2) is 0 Å². The Bertz CT molecular complexity index is 3070. The van der Waals surface area contributed by atoms with Crippen molar-refractivity contribution >= 4 is 60.3 Å². The van der Waals surface area contributed by atoms with E-state index in [-0.39, 0.29) is 16.9 Å². The number of nitrogens with zero attached hydrogens (tertiary/aromatic N) is 4. The largest absolute Gasteiger partial charge is 0.501 e. The van der Waals surface area contributed by atoms with Crippen molar-refractivity contribution in [1.82, 2.24) is 9.47 Å². The fraction of sp³-hybridized carbons (Fsp3) is 0.314. The van der Waals surface area contributed by atoms with Crippen molar-refractivity contribution in [2.24, 2.45) is 7.05 Å². The number of aliphatic hydroxyl groups excluding tert-OH is 1. The average Bonchev–Trinajstić information content (AvgIpc) is 3.62. The molecule has 0 aliphatic carbocycles. The zero-order valence-electron chi connectivity index (χ0n) is 38.9. The average molecular weight is 1040 g/mol. The molecule has 1 aromatic heterocycles. The highest BCUT2D eigenvalue weighted by atomic mass is 32.2. The van der Waals surface area contributed by atoms with Crippen molar-refractivity contribution in [2.75, 3.05) is 71.4 Å². The first kappa shape index (κ1) is 51.3. The summed E-state index contributed by atoms with van der Waals surface area (Å²) in [6, 6.07) is 31.5. The lowest BCUT2D eigenvalue weighted by Crippen LogP contribution is -2.46. The van der Waals surface area contributed by atoms with Crippen molar-refractivity contribution in [3.63, 3.8) is 0 Å². The fourth-order valence-electron chi connectivity index (χ4n) is 9.07. The number of rotatable bonds is 17. The van der Waals surface area contributed by atoms with Gasteiger partial charge in [-0.25, -0.2) is 26.0 Å². The van der Waals surface area contributed by atoms with Crippen molar-refractivity contribution < 1.29 is 49.4 Å². The predicted octanol–water partition coefficient (Wildman–Crippen LogP) is 9.35. The molecule has 376 valence electrons. The molecular formula is C51H54F4N6O7S3. The van der Waals surface area contributed by atoms with E-state index in [1.165, 1.54) is 36.0 Å². The number of carboxylic acid groups (broad SMARTS) is 1. The van der Waals surface area contributed by atoms with Crippen LogP contribution >= 0.6 is 11.8 Å². The zero-order chi connectivity index (χ0) is 50.7. The van der Waals surface area contributed by atoms with E-state index >= 15 is 0 Å². The highest BCUT2D eigenvalue weighted by molar-refractivity contribution is 7.99. The van der Waals surface area contributed by atoms with Crippen LogP contribution in [0.4, 0.5) is 40.3 Å². The van der Waals surface area contributed by atoms with Gasteiger partial charge in [-0.1, -0.05) is 30.3 Å². The summed E-state index contributed by atoms with van der Waals surface area (Å²) in [5, 5.41) is 23.3. The number of halogens is 4. The lowest BCUT2D eigenvalue weighted by molar-refractivity contribution is -0.0436. The molecule has 20 heteroatoms. The first-order valence-corrected chi connectivity index (χ1v) is 27.0. The molecule has 1 atom stereocenters. The van der Waals surface area contributed by atoms with Gasteiger partial charge in [0.2, 0.25) is 0 Å². The number of carboxylic acids is 1. The Balaban J connectivity index is 0.960. The summed E-state index contributed by atoms with van der Waals surface area (Å²) in [6.07, 6.45) is 1.22. The van der Waals surface area contributed by atoms with E-state index in [4.69, 9.17) is 0 Å². The van der Waals surface area contributed by atoms with Crippen LogP contribution in [-0.2, 0) is 26.9 Å². The number of anilines is 4. The summed E-state index contributed by atoms with van der Waals surface area (Å²) >= 11 is 1.45. The molecule has 5 aromatic carbocycles. The normalized spacial score (nSPS) is 15.7. The number of nitrogens with one attached hydrogen (secondary N) is 2. The van der Waals surface area contributed by atoms with Gasteiger partial charge in [0, 0.05) is 97.9 Å². The highest BCUT2D eigenvalue weighted by Gasteiger charge is 2.48. The third-order valence-electron chi connectivity index (χ3n) is 13.0. The maximum absolute atomic E-state index is 14.3. The van der Waals surface area contributed by atoms with Gasteiger partial charge in [-0.2, -0.15) is 13.2 Å². The molecule has 2 aliphatic heterocycles. The molecule has 8 rings (SSSR count). The van der Waals surface area contributed by atoms with Gasteiger partial charge < -0.3 is 34.8 Å². The number of thioether (sulfide) groups is 1. The van der Waals surface area contributed by atoms with E-state index in [1.807, 2.05) is 54.6 Å². The number of alkyl halides is 3. The van der Waals surface area contributed by atoms with Gasteiger partial charge in [-0.05, 0) is 128 Å². The molecule has 2 fully saturated rings. The first-order chi connectivity index (χ1) is 33.8. The molecule has 0 radical (unpaired) electrons. The molecule has 0 bridgehead atoms. The van der Waals surface area contributed by atoms with Gasteiger partial charge in [0.25, 0.3) is 19.9 Å². The summed E-state index contributed by atoms with van der Waals surface area (Å²) in [5.74, 6) is -1.12. The van der Waals surface area contributed by atoms with Crippen LogP contribution < -0.4 is 19.8 Å². The maximum atomic E-state index is 14.3. The molecule has 0 spiro atoms. The molecule has 4 N–H and O–H groups in total. The zero-order valence-corrected chi connectivity index (χ0v) is 41.4. The van der Waals surface area contributed by atoms with Gasteiger partial charge in [0.1, 0.15) is 10.7 Å². The quantitative estimate of drug-likeness (QED) is 0.0507. The molecule has 3 heterocycles. The number of piperazine rings is 1. The molecule has 2 saturated heterocycles. The van der Waals surface area contributed by atoms with Crippen molar-refractivity contribution in [1.29, 1.82) is 0 Å². The SMILES string of the molecule is Cc1c(C(=O)O)c(-c2cccc(N3CCN(c4ccc(NS(=O)(=O)c5ccc(N[C@H](CCN6CCC(O)CC6)CSc6ccccc6)c(S(=O)(=O)C(F)(F)F)c5)cc4)CC3)c2)c(-c2ccc(F)cc2)n1C. The highest BCUT2D eigenvalue weighted by Crippen LogP contribution is 2.41. The third-order valence-corrected chi connectivity index (χ3v) is 17.1. The fourth-order valence-corrected chi connectivity index (χ4v) is 12.2. The summed E-state index contributed by atoms with van der Waals surface area (Å²) < 4.78 is 115. The van der Waals surface area contributed by atoms with Gasteiger partial charge in [0.05, 0.1) is 27.9 Å². The summed E-state index contributed by atoms with van der Waals surface area (Å²) in [4.78, 5) is 18.1. The molecular weight excluding hydrogens is 981 g/mol. The van der Waals surface area contributed by atoms with Crippen LogP contribution in [0.3, 0.4) is 0 Å². The summed E-state index contributed by atoms with van der Waals surface area (Å²) in [6.45, 7) is 5.89. The van der Waals surface area contributed by atoms with Crippen LogP contribution in [0.1, 0.15) is 35.3 Å². The Morgan fingerprint density at radius 3 is 2.07 bits per heavy atom. The number of aromatic carboxylic acids is 1. The number of sulfonamides is 1. The Labute approximate surface area is 415 Å². The van der Waals surface area contributed by atoms with Crippen LogP contribution in [0.25, 0.3) is 22.4 Å². The van der Waals surface area contributed by atoms with Crippen molar-refractivity contribution in [2.45, 2.75) is 58.5 Å². The van der Waals surface area contributed by atoms with E-state index in [1.54, 1.807) is 42.8 Å². The minimum atomic E-state index is -6.03. The molecule has 13 nitrogen and oxygen atoms in total. The van der Waals surface area contributed by atoms with E-state index < -0.39 is 59.1 Å². The second-order valence-electron chi connectivity index (χ2n) is 17.7. The number of likely N-dealkylation sites (tertiary alicyclic amines) is 1. The van der Waals surface area contributed by atoms with Crippen LogP contribution in [0, 0.1) is 12.7 Å². The monoisotopic (exact) mass is 1030 g/mol. The number of carbonyl (C=O) groups is 1. The Morgan fingerprint density at radius 2 is 1.44 bits per heavy atom. The van der Waals surface area contributed by atoms with Gasteiger partial charge >= 0.3 is 11.5 Å². The summed E-state index contributed by atoms with van der Waals surface area (Å²) in [7, 11) is -8.85. The summed E-state index contributed by atoms with van der Waals surface area (Å²) in [5.41, 5.74) is -1.08. The number of hydrogen-bond donors (Lipinski definition) is 4. The number of aliphatic hydroxyl groups is 1. The second kappa shape index (κ2) is 21.3. The van der Waals surface area contributed by atoms with Crippen molar-refractivity contribution in [3.8, 4) is 22.4 Å². The number of piperidine rings is 1. The molecule has 0 unspecified atom stereocenters. The third kappa shape index (κ3) is 11.7. The van der Waals surface area contributed by atoms with E-state index in [0.29, 0.717) is 105 Å². The molecule has 71 heavy (non-hydrogen) atoms. The minimum Gasteiger partial charge on any atom is -0.478 e. The standard InChI is InChI=1S/C51H54F4N6O7S3/c1-34-47(50(63)64)48(49(58(34)2)35-11-13-37(52)14-12-35)36-7-6-8-41(31-36)61-29-27-60(28-30-61)40-17-15-38(16-18-40)57-71(67,68)44-19-20-45(46(32-44)70(65,66)51(53,54)55)56-39(33-69-43-9-4-3-5-10-43)21-24-59-25-22-42(62)23-26-59/h3-20,31-32,39,42,56-57,62H,21-30,33H2,1-2H3,(H,63,64)/t39-/m1/s1. The van der Waals surface area contributed by atoms with E-state index in [9.17, 15) is 49.4 Å². The predicted molar refractivity (Wildman–Crippen MR) is 270 cm³/mol. The molecule has 0 saturated carbocycles. The molecule has 6 aromatic rings. The van der Waals surface area contributed by atoms with E-state index in [2.05, 4.69) is 24.7 Å². The Morgan fingerprint density at radius 1 is 0.789 bits per heavy atom. The number of aromatic nitrogens is 1. The molecule has 2 aliphatic rings. The van der Waals surface area contributed by atoms with Crippen LogP contribution in [0.15, 0.2) is 136 Å².